The Morgan fingerprint density at radius 3 is 2.81 bits per heavy atom. The predicted molar refractivity (Wildman–Crippen MR) is 56.8 cm³/mol. The van der Waals surface area contributed by atoms with Crippen LogP contribution in [0.25, 0.3) is 0 Å². The van der Waals surface area contributed by atoms with Gasteiger partial charge in [-0.1, -0.05) is 0 Å². The molecule has 0 spiro atoms. The van der Waals surface area contributed by atoms with Crippen molar-refractivity contribution in [1.82, 2.24) is 9.97 Å². The van der Waals surface area contributed by atoms with Crippen LogP contribution in [0.5, 0.6) is 0 Å². The summed E-state index contributed by atoms with van der Waals surface area (Å²) < 4.78 is 35.3. The summed E-state index contributed by atoms with van der Waals surface area (Å²) in [5.74, 6) is 5.61. The summed E-state index contributed by atoms with van der Waals surface area (Å²) in [5, 5.41) is 2.72. The summed E-state index contributed by atoms with van der Waals surface area (Å²) >= 11 is -0.0835. The number of halogens is 3. The summed E-state index contributed by atoms with van der Waals surface area (Å²) in [4.78, 5) is 7.63. The third-order valence-electron chi connectivity index (χ3n) is 1.46. The van der Waals surface area contributed by atoms with Crippen LogP contribution in [0.1, 0.15) is 0 Å². The van der Waals surface area contributed by atoms with E-state index in [9.17, 15) is 13.2 Å². The second kappa shape index (κ2) is 5.75. The highest BCUT2D eigenvalue weighted by Gasteiger charge is 2.27. The van der Waals surface area contributed by atoms with Crippen LogP contribution in [0.4, 0.5) is 24.9 Å². The summed E-state index contributed by atoms with van der Waals surface area (Å²) in [7, 11) is 0. The van der Waals surface area contributed by atoms with Crippen LogP contribution >= 0.6 is 11.8 Å². The first-order valence-corrected chi connectivity index (χ1v) is 5.24. The molecule has 0 saturated carbocycles. The number of hydrogen-bond donors (Lipinski definition) is 3. The second-order valence-electron chi connectivity index (χ2n) is 2.63. The number of nitrogen functional groups attached to an aromatic ring is 1. The fourth-order valence-corrected chi connectivity index (χ4v) is 1.31. The molecule has 0 atom stereocenters. The van der Waals surface area contributed by atoms with Crippen LogP contribution in [0.2, 0.25) is 0 Å². The summed E-state index contributed by atoms with van der Waals surface area (Å²) in [5.41, 5.74) is -1.96. The van der Waals surface area contributed by atoms with E-state index in [0.717, 1.165) is 0 Å². The van der Waals surface area contributed by atoms with Crippen molar-refractivity contribution in [3.8, 4) is 0 Å². The molecule has 4 N–H and O–H groups in total. The van der Waals surface area contributed by atoms with E-state index in [1.807, 2.05) is 0 Å². The van der Waals surface area contributed by atoms with Gasteiger partial charge in [-0.15, -0.1) is 0 Å². The lowest BCUT2D eigenvalue weighted by molar-refractivity contribution is -0.0327. The molecular weight excluding hydrogens is 243 g/mol. The monoisotopic (exact) mass is 253 g/mol. The first kappa shape index (κ1) is 12.8. The van der Waals surface area contributed by atoms with Crippen molar-refractivity contribution in [2.24, 2.45) is 5.84 Å². The van der Waals surface area contributed by atoms with Gasteiger partial charge in [0.05, 0.1) is 0 Å². The Hall–Kier alpha value is -1.22. The minimum absolute atomic E-state index is 0.0835. The predicted octanol–water partition coefficient (Wildman–Crippen LogP) is 1.43. The molecule has 0 saturated heterocycles. The maximum Gasteiger partial charge on any atom is 0.441 e. The Bertz CT molecular complexity index is 332. The van der Waals surface area contributed by atoms with E-state index in [4.69, 9.17) is 5.84 Å². The molecule has 0 bridgehead atoms. The second-order valence-corrected chi connectivity index (χ2v) is 3.79. The Balaban J connectivity index is 2.32. The highest BCUT2D eigenvalue weighted by molar-refractivity contribution is 8.00. The van der Waals surface area contributed by atoms with Gasteiger partial charge in [-0.25, -0.2) is 10.8 Å². The molecule has 90 valence electrons. The lowest BCUT2D eigenvalue weighted by Crippen LogP contribution is -2.13. The molecule has 16 heavy (non-hydrogen) atoms. The smallest absolute Gasteiger partial charge is 0.369 e. The van der Waals surface area contributed by atoms with E-state index < -0.39 is 5.51 Å². The van der Waals surface area contributed by atoms with E-state index in [2.05, 4.69) is 20.7 Å². The lowest BCUT2D eigenvalue weighted by Gasteiger charge is -2.07. The van der Waals surface area contributed by atoms with Gasteiger partial charge in [0.1, 0.15) is 5.82 Å². The highest BCUT2D eigenvalue weighted by Crippen LogP contribution is 2.29. The normalized spacial score (nSPS) is 11.2. The van der Waals surface area contributed by atoms with Crippen LogP contribution in [-0.4, -0.2) is 27.8 Å². The zero-order valence-electron chi connectivity index (χ0n) is 8.08. The van der Waals surface area contributed by atoms with E-state index >= 15 is 0 Å². The quantitative estimate of drug-likeness (QED) is 0.418. The first-order valence-electron chi connectivity index (χ1n) is 4.25. The molecule has 0 radical (unpaired) electrons. The van der Waals surface area contributed by atoms with Crippen LogP contribution in [0.3, 0.4) is 0 Å². The number of rotatable bonds is 5. The van der Waals surface area contributed by atoms with Crippen molar-refractivity contribution >= 4 is 23.5 Å². The fourth-order valence-electron chi connectivity index (χ4n) is 0.873. The molecule has 0 aromatic carbocycles. The van der Waals surface area contributed by atoms with Gasteiger partial charge in [-0.3, -0.25) is 5.43 Å². The summed E-state index contributed by atoms with van der Waals surface area (Å²) in [6.07, 6.45) is 1.45. The third kappa shape index (κ3) is 5.03. The van der Waals surface area contributed by atoms with Crippen molar-refractivity contribution in [3.63, 3.8) is 0 Å². The molecular formula is C7H10F3N5S. The number of aromatic nitrogens is 2. The number of hydrogen-bond acceptors (Lipinski definition) is 6. The first-order chi connectivity index (χ1) is 7.51. The van der Waals surface area contributed by atoms with Crippen molar-refractivity contribution in [2.75, 3.05) is 23.0 Å². The van der Waals surface area contributed by atoms with Crippen LogP contribution < -0.4 is 16.6 Å². The van der Waals surface area contributed by atoms with Crippen molar-refractivity contribution < 1.29 is 13.2 Å². The van der Waals surface area contributed by atoms with Gasteiger partial charge in [0, 0.05) is 18.5 Å². The van der Waals surface area contributed by atoms with E-state index in [1.165, 1.54) is 6.20 Å². The Kier molecular flexibility index (Phi) is 4.62. The van der Waals surface area contributed by atoms with E-state index in [-0.39, 0.29) is 30.0 Å². The maximum absolute atomic E-state index is 11.8. The molecule has 0 aliphatic heterocycles. The van der Waals surface area contributed by atoms with E-state index in [1.54, 1.807) is 6.07 Å². The van der Waals surface area contributed by atoms with Crippen molar-refractivity contribution in [2.45, 2.75) is 5.51 Å². The number of thioether (sulfide) groups is 1. The van der Waals surface area contributed by atoms with Crippen LogP contribution in [-0.2, 0) is 0 Å². The number of hydrazine groups is 1. The number of nitrogens with zero attached hydrogens (tertiary/aromatic N) is 2. The van der Waals surface area contributed by atoms with Crippen LogP contribution in [0.15, 0.2) is 12.3 Å². The van der Waals surface area contributed by atoms with Gasteiger partial charge in [0.15, 0.2) is 0 Å². The van der Waals surface area contributed by atoms with Gasteiger partial charge in [-0.05, 0) is 17.8 Å². The van der Waals surface area contributed by atoms with Crippen LogP contribution in [0, 0.1) is 0 Å². The van der Waals surface area contributed by atoms with Crippen molar-refractivity contribution in [1.29, 1.82) is 0 Å². The topological polar surface area (TPSA) is 75.9 Å². The Morgan fingerprint density at radius 1 is 1.44 bits per heavy atom. The standard InChI is InChI=1S/C7H10F3N5S/c8-7(9,10)16-4-3-12-5-1-2-13-6(14-5)15-11/h1-2H,3-4,11H2,(H2,12,13,14,15). The molecule has 1 aromatic heterocycles. The summed E-state index contributed by atoms with van der Waals surface area (Å²) in [6.45, 7) is 0.158. The molecule has 0 unspecified atom stereocenters. The molecule has 0 amide bonds. The lowest BCUT2D eigenvalue weighted by atomic mass is 10.5. The van der Waals surface area contributed by atoms with Gasteiger partial charge >= 0.3 is 5.51 Å². The van der Waals surface area contributed by atoms with Crippen molar-refractivity contribution in [3.05, 3.63) is 12.3 Å². The molecule has 0 aliphatic carbocycles. The molecule has 1 aromatic rings. The number of alkyl halides is 3. The fraction of sp³-hybridized carbons (Fsp3) is 0.429. The minimum Gasteiger partial charge on any atom is -0.369 e. The van der Waals surface area contributed by atoms with E-state index in [0.29, 0.717) is 5.82 Å². The zero-order chi connectivity index (χ0) is 12.0. The minimum atomic E-state index is -4.20. The number of nitrogens with two attached hydrogens (primary N) is 1. The molecule has 1 heterocycles. The summed E-state index contributed by atoms with van der Waals surface area (Å²) in [6, 6.07) is 1.54. The molecule has 5 nitrogen and oxygen atoms in total. The average molecular weight is 253 g/mol. The van der Waals surface area contributed by atoms with Gasteiger partial charge in [0.2, 0.25) is 5.95 Å². The zero-order valence-corrected chi connectivity index (χ0v) is 8.90. The van der Waals surface area contributed by atoms with Gasteiger partial charge < -0.3 is 5.32 Å². The SMILES string of the molecule is NNc1nccc(NCCSC(F)(F)F)n1. The molecule has 9 heteroatoms. The maximum atomic E-state index is 11.8. The van der Waals surface area contributed by atoms with Gasteiger partial charge in [-0.2, -0.15) is 18.2 Å². The largest absolute Gasteiger partial charge is 0.441 e. The molecule has 0 fully saturated rings. The number of anilines is 2. The molecule has 0 aliphatic rings. The highest BCUT2D eigenvalue weighted by atomic mass is 32.2. The van der Waals surface area contributed by atoms with Gasteiger partial charge in [0.25, 0.3) is 0 Å². The average Bonchev–Trinajstić information content (AvgIpc) is 2.23. The third-order valence-corrected chi connectivity index (χ3v) is 2.19. The Morgan fingerprint density at radius 2 is 2.19 bits per heavy atom. The Labute approximate surface area is 94.0 Å². The number of nitrogens with one attached hydrogen (secondary N) is 2. The molecule has 1 rings (SSSR count).